The molecule has 4 nitrogen and oxygen atoms in total. The third kappa shape index (κ3) is 3.44. The molecule has 0 spiro atoms. The van der Waals surface area contributed by atoms with Crippen LogP contribution in [0.4, 0.5) is 11.4 Å². The van der Waals surface area contributed by atoms with Gasteiger partial charge in [-0.1, -0.05) is 29.8 Å². The van der Waals surface area contributed by atoms with Crippen LogP contribution < -0.4 is 9.91 Å². The molecule has 0 N–H and O–H groups in total. The van der Waals surface area contributed by atoms with Gasteiger partial charge in [-0.2, -0.15) is 10.1 Å². The Morgan fingerprint density at radius 2 is 1.76 bits per heavy atom. The molecule has 2 aromatic carbocycles. The molecule has 0 fully saturated rings. The first kappa shape index (κ1) is 17.2. The number of anilines is 2. The van der Waals surface area contributed by atoms with E-state index in [0.29, 0.717) is 22.0 Å². The van der Waals surface area contributed by atoms with E-state index in [1.165, 1.54) is 5.01 Å². The maximum absolute atomic E-state index is 12.8. The van der Waals surface area contributed by atoms with Crippen LogP contribution >= 0.6 is 11.6 Å². The van der Waals surface area contributed by atoms with Crippen molar-refractivity contribution in [3.05, 3.63) is 64.2 Å². The highest BCUT2D eigenvalue weighted by Crippen LogP contribution is 2.32. The van der Waals surface area contributed by atoms with Gasteiger partial charge in [-0.3, -0.25) is 4.79 Å². The van der Waals surface area contributed by atoms with Crippen molar-refractivity contribution in [2.45, 2.75) is 13.8 Å². The SMILES string of the molecule is CC1=NN(c2cc(C)ccc2Cl)C(=O)/C1=C\c1ccc(N(C)C)cc1. The molecule has 0 atom stereocenters. The Bertz CT molecular complexity index is 882. The number of hydrogen-bond donors (Lipinski definition) is 0. The van der Waals surface area contributed by atoms with Crippen LogP contribution in [-0.2, 0) is 4.79 Å². The highest BCUT2D eigenvalue weighted by molar-refractivity contribution is 6.37. The van der Waals surface area contributed by atoms with Crippen molar-refractivity contribution in [1.82, 2.24) is 0 Å². The van der Waals surface area contributed by atoms with Crippen LogP contribution in [-0.4, -0.2) is 25.7 Å². The summed E-state index contributed by atoms with van der Waals surface area (Å²) in [4.78, 5) is 14.9. The zero-order chi connectivity index (χ0) is 18.1. The summed E-state index contributed by atoms with van der Waals surface area (Å²) in [7, 11) is 3.99. The van der Waals surface area contributed by atoms with E-state index in [9.17, 15) is 4.79 Å². The Labute approximate surface area is 153 Å². The first-order chi connectivity index (χ1) is 11.9. The average Bonchev–Trinajstić information content (AvgIpc) is 2.85. The molecule has 1 aliphatic heterocycles. The smallest absolute Gasteiger partial charge is 0.280 e. The van der Waals surface area contributed by atoms with E-state index >= 15 is 0 Å². The van der Waals surface area contributed by atoms with Gasteiger partial charge in [0.05, 0.1) is 22.0 Å². The van der Waals surface area contributed by atoms with Gasteiger partial charge in [0.25, 0.3) is 5.91 Å². The van der Waals surface area contributed by atoms with Gasteiger partial charge in [0.2, 0.25) is 0 Å². The zero-order valence-electron chi connectivity index (χ0n) is 14.7. The van der Waals surface area contributed by atoms with Crippen molar-refractivity contribution in [2.75, 3.05) is 24.0 Å². The summed E-state index contributed by atoms with van der Waals surface area (Å²) in [5, 5.41) is 6.29. The molecule has 1 heterocycles. The largest absolute Gasteiger partial charge is 0.378 e. The van der Waals surface area contributed by atoms with Crippen molar-refractivity contribution in [1.29, 1.82) is 0 Å². The van der Waals surface area contributed by atoms with Crippen LogP contribution in [0.5, 0.6) is 0 Å². The number of benzene rings is 2. The van der Waals surface area contributed by atoms with Gasteiger partial charge >= 0.3 is 0 Å². The third-order valence-electron chi connectivity index (χ3n) is 4.11. The summed E-state index contributed by atoms with van der Waals surface area (Å²) >= 11 is 6.26. The first-order valence-electron chi connectivity index (χ1n) is 8.02. The van der Waals surface area contributed by atoms with Crippen LogP contribution in [0.25, 0.3) is 6.08 Å². The second-order valence-electron chi connectivity index (χ2n) is 6.30. The predicted octanol–water partition coefficient (Wildman–Crippen LogP) is 4.52. The maximum Gasteiger partial charge on any atom is 0.280 e. The van der Waals surface area contributed by atoms with Crippen molar-refractivity contribution < 1.29 is 4.79 Å². The molecule has 0 saturated heterocycles. The predicted molar refractivity (Wildman–Crippen MR) is 106 cm³/mol. The van der Waals surface area contributed by atoms with E-state index in [0.717, 1.165) is 16.8 Å². The summed E-state index contributed by atoms with van der Waals surface area (Å²) < 4.78 is 0. The molecule has 5 heteroatoms. The van der Waals surface area contributed by atoms with E-state index < -0.39 is 0 Å². The lowest BCUT2D eigenvalue weighted by Gasteiger charge is -2.14. The van der Waals surface area contributed by atoms with Crippen molar-refractivity contribution in [3.8, 4) is 0 Å². The molecule has 1 aliphatic rings. The molecular weight excluding hydrogens is 334 g/mol. The van der Waals surface area contributed by atoms with E-state index in [-0.39, 0.29) is 5.91 Å². The normalized spacial score (nSPS) is 15.7. The molecule has 2 aromatic rings. The lowest BCUT2D eigenvalue weighted by Crippen LogP contribution is -2.21. The number of hydrogen-bond acceptors (Lipinski definition) is 3. The summed E-state index contributed by atoms with van der Waals surface area (Å²) in [6, 6.07) is 13.6. The lowest BCUT2D eigenvalue weighted by atomic mass is 10.1. The lowest BCUT2D eigenvalue weighted by molar-refractivity contribution is -0.114. The number of halogens is 1. The zero-order valence-corrected chi connectivity index (χ0v) is 15.5. The number of rotatable bonds is 3. The van der Waals surface area contributed by atoms with Crippen LogP contribution in [0.1, 0.15) is 18.1 Å². The number of hydrazone groups is 1. The Balaban J connectivity index is 1.93. The molecule has 0 unspecified atom stereocenters. The fourth-order valence-corrected chi connectivity index (χ4v) is 2.87. The van der Waals surface area contributed by atoms with Crippen molar-refractivity contribution in [2.24, 2.45) is 5.10 Å². The third-order valence-corrected chi connectivity index (χ3v) is 4.43. The Morgan fingerprint density at radius 3 is 2.40 bits per heavy atom. The second kappa shape index (κ2) is 6.73. The number of amides is 1. The van der Waals surface area contributed by atoms with Crippen molar-refractivity contribution in [3.63, 3.8) is 0 Å². The molecule has 128 valence electrons. The minimum atomic E-state index is -0.165. The number of nitrogens with zero attached hydrogens (tertiary/aromatic N) is 3. The Hall–Kier alpha value is -2.59. The fraction of sp³-hybridized carbons (Fsp3) is 0.200. The van der Waals surface area contributed by atoms with Crippen molar-refractivity contribution >= 4 is 40.7 Å². The van der Waals surface area contributed by atoms with Crippen LogP contribution in [0.2, 0.25) is 5.02 Å². The molecule has 25 heavy (non-hydrogen) atoms. The summed E-state index contributed by atoms with van der Waals surface area (Å²) in [6.07, 6.45) is 1.87. The van der Waals surface area contributed by atoms with E-state index in [2.05, 4.69) is 5.10 Å². The van der Waals surface area contributed by atoms with Crippen LogP contribution in [0, 0.1) is 6.92 Å². The van der Waals surface area contributed by atoms with E-state index in [1.807, 2.05) is 75.3 Å². The quantitative estimate of drug-likeness (QED) is 0.760. The first-order valence-corrected chi connectivity index (χ1v) is 8.40. The average molecular weight is 354 g/mol. The van der Waals surface area contributed by atoms with Gasteiger partial charge in [0.15, 0.2) is 0 Å². The number of aryl methyl sites for hydroxylation is 1. The molecule has 3 rings (SSSR count). The minimum absolute atomic E-state index is 0.165. The topological polar surface area (TPSA) is 35.9 Å². The van der Waals surface area contributed by atoms with Gasteiger partial charge in [-0.15, -0.1) is 0 Å². The van der Waals surface area contributed by atoms with Crippen LogP contribution in [0.15, 0.2) is 53.1 Å². The molecule has 0 aromatic heterocycles. The molecule has 0 aliphatic carbocycles. The fourth-order valence-electron chi connectivity index (χ4n) is 2.67. The van der Waals surface area contributed by atoms with Gasteiger partial charge in [0, 0.05) is 19.8 Å². The van der Waals surface area contributed by atoms with Gasteiger partial charge in [-0.05, 0) is 55.3 Å². The summed E-state index contributed by atoms with van der Waals surface area (Å²) in [5.41, 5.74) is 4.96. The second-order valence-corrected chi connectivity index (χ2v) is 6.71. The molecule has 0 bridgehead atoms. The minimum Gasteiger partial charge on any atom is -0.378 e. The monoisotopic (exact) mass is 353 g/mol. The molecule has 0 saturated carbocycles. The highest BCUT2D eigenvalue weighted by atomic mass is 35.5. The van der Waals surface area contributed by atoms with Gasteiger partial charge < -0.3 is 4.90 Å². The van der Waals surface area contributed by atoms with E-state index in [4.69, 9.17) is 11.6 Å². The molecule has 0 radical (unpaired) electrons. The van der Waals surface area contributed by atoms with Gasteiger partial charge in [0.1, 0.15) is 0 Å². The van der Waals surface area contributed by atoms with Crippen LogP contribution in [0.3, 0.4) is 0 Å². The summed E-state index contributed by atoms with van der Waals surface area (Å²) in [5.74, 6) is -0.165. The number of carbonyl (C=O) groups excluding carboxylic acids is 1. The standard InChI is InChI=1S/C20H20ClN3O/c1-13-5-10-18(21)19(11-13)24-20(25)17(14(2)22-24)12-15-6-8-16(9-7-15)23(3)4/h5-12H,1-4H3/b17-12-. The number of carbonyl (C=O) groups is 1. The maximum atomic E-state index is 12.8. The Morgan fingerprint density at radius 1 is 1.08 bits per heavy atom. The molecular formula is C20H20ClN3O. The Kier molecular flexibility index (Phi) is 4.64. The molecule has 1 amide bonds. The van der Waals surface area contributed by atoms with Gasteiger partial charge in [-0.25, -0.2) is 0 Å². The highest BCUT2D eigenvalue weighted by Gasteiger charge is 2.30. The van der Waals surface area contributed by atoms with E-state index in [1.54, 1.807) is 6.07 Å². The summed E-state index contributed by atoms with van der Waals surface area (Å²) in [6.45, 7) is 3.79.